The predicted octanol–water partition coefficient (Wildman–Crippen LogP) is 5.64. The van der Waals surface area contributed by atoms with E-state index < -0.39 is 0 Å². The fourth-order valence-corrected chi connectivity index (χ4v) is 2.51. The Hall–Kier alpha value is -3.08. The molecule has 0 radical (unpaired) electrons. The molecule has 0 spiro atoms. The van der Waals surface area contributed by atoms with Gasteiger partial charge in [0.2, 0.25) is 0 Å². The van der Waals surface area contributed by atoms with Gasteiger partial charge in [0.1, 0.15) is 11.5 Å². The zero-order valence-corrected chi connectivity index (χ0v) is 14.1. The van der Waals surface area contributed by atoms with E-state index in [1.165, 1.54) is 0 Å². The fourth-order valence-electron chi connectivity index (χ4n) is 2.25. The first-order valence-corrected chi connectivity index (χ1v) is 7.97. The molecule has 1 heterocycles. The van der Waals surface area contributed by atoms with Crippen molar-refractivity contribution < 1.29 is 4.42 Å². The van der Waals surface area contributed by atoms with E-state index in [9.17, 15) is 5.26 Å². The molecule has 0 atom stereocenters. The Balaban J connectivity index is 1.90. The topological polar surface area (TPSA) is 60.7 Å². The predicted molar refractivity (Wildman–Crippen MR) is 96.5 cm³/mol. The van der Waals surface area contributed by atoms with Gasteiger partial charge in [0.15, 0.2) is 0 Å². The largest absolute Gasteiger partial charge is 0.457 e. The second-order valence-electron chi connectivity index (χ2n) is 5.07. The van der Waals surface area contributed by atoms with Crippen LogP contribution in [0.25, 0.3) is 23.0 Å². The lowest BCUT2D eigenvalue weighted by atomic mass is 10.1. The molecule has 0 saturated carbocycles. The number of nitrogens with zero attached hydrogens (tertiary/aromatic N) is 2. The highest BCUT2D eigenvalue weighted by atomic mass is 79.9. The smallest absolute Gasteiger partial charge is 0.134 e. The van der Waals surface area contributed by atoms with Crippen molar-refractivity contribution in [3.8, 4) is 23.5 Å². The molecule has 0 aliphatic carbocycles. The molecule has 2 aromatic carbocycles. The lowest BCUT2D eigenvalue weighted by Crippen LogP contribution is -1.80. The number of hydrogen-bond donors (Lipinski definition) is 0. The molecule has 0 aliphatic heterocycles. The second-order valence-corrected chi connectivity index (χ2v) is 5.98. The van der Waals surface area contributed by atoms with Crippen LogP contribution in [-0.4, -0.2) is 0 Å². The Labute approximate surface area is 148 Å². The minimum absolute atomic E-state index is 0.531. The highest BCUT2D eigenvalue weighted by Gasteiger charge is 2.06. The summed E-state index contributed by atoms with van der Waals surface area (Å²) in [6.45, 7) is 0. The molecule has 0 N–H and O–H groups in total. The third kappa shape index (κ3) is 3.46. The van der Waals surface area contributed by atoms with Crippen LogP contribution in [0.5, 0.6) is 0 Å². The lowest BCUT2D eigenvalue weighted by molar-refractivity contribution is 0.572. The van der Waals surface area contributed by atoms with E-state index in [0.717, 1.165) is 15.6 Å². The van der Waals surface area contributed by atoms with Gasteiger partial charge in [-0.25, -0.2) is 0 Å². The number of nitriles is 2. The van der Waals surface area contributed by atoms with E-state index in [0.29, 0.717) is 22.7 Å². The van der Waals surface area contributed by atoms with Crippen LogP contribution >= 0.6 is 15.9 Å². The van der Waals surface area contributed by atoms with Gasteiger partial charge in [-0.15, -0.1) is 0 Å². The molecule has 0 saturated heterocycles. The number of furan rings is 1. The summed E-state index contributed by atoms with van der Waals surface area (Å²) in [6.07, 6.45) is 1.72. The SMILES string of the molecule is N#C/C(=C/c1ccc(-c2ccc(C#N)cc2)o1)c1ccc(Br)cc1. The van der Waals surface area contributed by atoms with Crippen LogP contribution in [0.2, 0.25) is 0 Å². The first-order chi connectivity index (χ1) is 11.7. The maximum absolute atomic E-state index is 9.39. The first kappa shape index (κ1) is 15.8. The van der Waals surface area contributed by atoms with E-state index in [1.807, 2.05) is 48.5 Å². The van der Waals surface area contributed by atoms with Gasteiger partial charge in [-0.05, 0) is 60.2 Å². The summed E-state index contributed by atoms with van der Waals surface area (Å²) >= 11 is 3.38. The van der Waals surface area contributed by atoms with Gasteiger partial charge in [0.25, 0.3) is 0 Å². The molecule has 0 bridgehead atoms. The molecule has 1 aromatic heterocycles. The van der Waals surface area contributed by atoms with Crippen LogP contribution in [0.1, 0.15) is 16.9 Å². The minimum atomic E-state index is 0.531. The molecule has 4 heteroatoms. The van der Waals surface area contributed by atoms with Crippen LogP contribution in [0.4, 0.5) is 0 Å². The van der Waals surface area contributed by atoms with Crippen LogP contribution < -0.4 is 0 Å². The standard InChI is InChI=1S/C20H11BrN2O/c21-18-7-5-15(6-8-18)17(13-23)11-19-9-10-20(24-19)16-3-1-14(12-22)2-4-16/h1-11H/b17-11-. The molecular formula is C20H11BrN2O. The van der Waals surface area contributed by atoms with Crippen molar-refractivity contribution in [2.75, 3.05) is 0 Å². The number of benzene rings is 2. The van der Waals surface area contributed by atoms with Gasteiger partial charge in [0, 0.05) is 10.0 Å². The minimum Gasteiger partial charge on any atom is -0.457 e. The average molecular weight is 375 g/mol. The van der Waals surface area contributed by atoms with Crippen molar-refractivity contribution in [3.05, 3.63) is 82.0 Å². The highest BCUT2D eigenvalue weighted by molar-refractivity contribution is 9.10. The van der Waals surface area contributed by atoms with Gasteiger partial charge in [-0.1, -0.05) is 28.1 Å². The third-order valence-electron chi connectivity index (χ3n) is 3.49. The molecule has 0 unspecified atom stereocenters. The summed E-state index contributed by atoms with van der Waals surface area (Å²) in [7, 11) is 0. The quantitative estimate of drug-likeness (QED) is 0.556. The van der Waals surface area contributed by atoms with Crippen molar-refractivity contribution in [1.29, 1.82) is 10.5 Å². The summed E-state index contributed by atoms with van der Waals surface area (Å²) in [5.41, 5.74) is 2.85. The molecule has 3 rings (SSSR count). The Bertz CT molecular complexity index is 968. The van der Waals surface area contributed by atoms with Crippen molar-refractivity contribution >= 4 is 27.6 Å². The van der Waals surface area contributed by atoms with Crippen molar-refractivity contribution in [3.63, 3.8) is 0 Å². The molecule has 0 amide bonds. The molecule has 3 nitrogen and oxygen atoms in total. The van der Waals surface area contributed by atoms with Crippen LogP contribution in [0, 0.1) is 22.7 Å². The number of rotatable bonds is 3. The van der Waals surface area contributed by atoms with E-state index in [2.05, 4.69) is 28.1 Å². The Morgan fingerprint density at radius 1 is 0.917 bits per heavy atom. The highest BCUT2D eigenvalue weighted by Crippen LogP contribution is 2.26. The summed E-state index contributed by atoms with van der Waals surface area (Å²) in [6, 6.07) is 22.7. The van der Waals surface area contributed by atoms with E-state index in [1.54, 1.807) is 18.2 Å². The number of halogens is 1. The third-order valence-corrected chi connectivity index (χ3v) is 4.02. The zero-order valence-electron chi connectivity index (χ0n) is 12.5. The van der Waals surface area contributed by atoms with Gasteiger partial charge >= 0.3 is 0 Å². The lowest BCUT2D eigenvalue weighted by Gasteiger charge is -1.99. The van der Waals surface area contributed by atoms with E-state index >= 15 is 0 Å². The first-order valence-electron chi connectivity index (χ1n) is 7.18. The van der Waals surface area contributed by atoms with Crippen molar-refractivity contribution in [2.24, 2.45) is 0 Å². The van der Waals surface area contributed by atoms with Crippen LogP contribution in [0.15, 0.2) is 69.6 Å². The Morgan fingerprint density at radius 2 is 1.62 bits per heavy atom. The molecule has 3 aromatic rings. The maximum atomic E-state index is 9.39. The molecule has 0 fully saturated rings. The van der Waals surface area contributed by atoms with Gasteiger partial charge in [0.05, 0.1) is 23.3 Å². The molecule has 114 valence electrons. The maximum Gasteiger partial charge on any atom is 0.134 e. The van der Waals surface area contributed by atoms with Gasteiger partial charge in [-0.3, -0.25) is 0 Å². The Kier molecular flexibility index (Phi) is 4.61. The van der Waals surface area contributed by atoms with Crippen molar-refractivity contribution in [1.82, 2.24) is 0 Å². The van der Waals surface area contributed by atoms with Crippen molar-refractivity contribution in [2.45, 2.75) is 0 Å². The van der Waals surface area contributed by atoms with Gasteiger partial charge in [-0.2, -0.15) is 10.5 Å². The number of hydrogen-bond acceptors (Lipinski definition) is 3. The molecular weight excluding hydrogens is 364 g/mol. The summed E-state index contributed by atoms with van der Waals surface area (Å²) in [5.74, 6) is 1.30. The van der Waals surface area contributed by atoms with Crippen LogP contribution in [0.3, 0.4) is 0 Å². The van der Waals surface area contributed by atoms with Gasteiger partial charge < -0.3 is 4.42 Å². The summed E-state index contributed by atoms with van der Waals surface area (Å²) < 4.78 is 6.76. The summed E-state index contributed by atoms with van der Waals surface area (Å²) in [5, 5.41) is 18.2. The van der Waals surface area contributed by atoms with E-state index in [-0.39, 0.29) is 0 Å². The Morgan fingerprint density at radius 3 is 2.25 bits per heavy atom. The molecule has 24 heavy (non-hydrogen) atoms. The average Bonchev–Trinajstić information content (AvgIpc) is 3.09. The monoisotopic (exact) mass is 374 g/mol. The van der Waals surface area contributed by atoms with E-state index in [4.69, 9.17) is 9.68 Å². The normalized spacial score (nSPS) is 10.9. The summed E-state index contributed by atoms with van der Waals surface area (Å²) in [4.78, 5) is 0. The zero-order chi connectivity index (χ0) is 16.9. The van der Waals surface area contributed by atoms with Crippen LogP contribution in [-0.2, 0) is 0 Å². The fraction of sp³-hybridized carbons (Fsp3) is 0. The molecule has 0 aliphatic rings. The number of allylic oxidation sites excluding steroid dienone is 1. The second kappa shape index (κ2) is 7.00.